The number of hydrogen-bond donors (Lipinski definition) is 2. The second-order valence-electron chi connectivity index (χ2n) is 8.39. The Morgan fingerprint density at radius 3 is 2.16 bits per heavy atom. The van der Waals surface area contributed by atoms with Gasteiger partial charge in [0.25, 0.3) is 0 Å². The molecule has 3 rings (SSSR count). The van der Waals surface area contributed by atoms with Crippen LogP contribution in [0.15, 0.2) is 41.4 Å². The molecule has 178 valence electrons. The van der Waals surface area contributed by atoms with Crippen LogP contribution in [0.5, 0.6) is 0 Å². The van der Waals surface area contributed by atoms with Crippen LogP contribution in [0.4, 0.5) is 0 Å². The Morgan fingerprint density at radius 2 is 1.56 bits per heavy atom. The highest BCUT2D eigenvalue weighted by Crippen LogP contribution is 2.08. The summed E-state index contributed by atoms with van der Waals surface area (Å²) < 4.78 is 2.08. The summed E-state index contributed by atoms with van der Waals surface area (Å²) in [6, 6.07) is 12.9. The van der Waals surface area contributed by atoms with Crippen LogP contribution in [-0.4, -0.2) is 78.4 Å². The van der Waals surface area contributed by atoms with Gasteiger partial charge in [-0.3, -0.25) is 14.6 Å². The Kier molecular flexibility index (Phi) is 12.0. The number of aliphatic imine (C=N–C) groups is 1. The largest absolute Gasteiger partial charge is 0.356 e. The Labute approximate surface area is 210 Å². The predicted molar refractivity (Wildman–Crippen MR) is 144 cm³/mol. The maximum absolute atomic E-state index is 4.51. The van der Waals surface area contributed by atoms with Crippen LogP contribution in [0.1, 0.15) is 29.8 Å². The van der Waals surface area contributed by atoms with Gasteiger partial charge in [0, 0.05) is 65.1 Å². The molecule has 0 aliphatic carbocycles. The lowest BCUT2D eigenvalue weighted by Gasteiger charge is -2.34. The lowest BCUT2D eigenvalue weighted by molar-refractivity contribution is 0.126. The summed E-state index contributed by atoms with van der Waals surface area (Å²) in [5, 5.41) is 11.4. The van der Waals surface area contributed by atoms with E-state index in [1.165, 1.54) is 11.3 Å². The first-order chi connectivity index (χ1) is 15.1. The number of piperazine rings is 1. The van der Waals surface area contributed by atoms with Crippen molar-refractivity contribution in [2.24, 2.45) is 4.99 Å². The lowest BCUT2D eigenvalue weighted by atomic mass is 10.2. The molecule has 0 amide bonds. The molecule has 1 aromatic heterocycles. The number of nitrogens with zero attached hydrogens (tertiary/aromatic N) is 5. The van der Waals surface area contributed by atoms with Gasteiger partial charge in [0.15, 0.2) is 5.96 Å². The molecule has 7 nitrogen and oxygen atoms in total. The van der Waals surface area contributed by atoms with Crippen molar-refractivity contribution in [3.63, 3.8) is 0 Å². The Bertz CT molecular complexity index is 798. The molecule has 1 aliphatic heterocycles. The normalized spacial score (nSPS) is 15.4. The number of hydrogen-bond acceptors (Lipinski definition) is 4. The van der Waals surface area contributed by atoms with Crippen LogP contribution in [0.25, 0.3) is 0 Å². The van der Waals surface area contributed by atoms with Crippen molar-refractivity contribution in [3.05, 3.63) is 53.3 Å². The van der Waals surface area contributed by atoms with Crippen molar-refractivity contribution in [2.45, 2.75) is 39.8 Å². The minimum absolute atomic E-state index is 0. The van der Waals surface area contributed by atoms with Crippen LogP contribution < -0.4 is 10.6 Å². The molecule has 1 fully saturated rings. The number of aryl methyl sites for hydroxylation is 3. The summed E-state index contributed by atoms with van der Waals surface area (Å²) in [5.74, 6) is 0.890. The standard InChI is InChI=1S/C24H39N7.HI/c1-21-19-22(2)31(28-21)14-8-12-27-24(25-3)26-11-7-13-29-15-17-30(18-16-29)20-23-9-5-4-6-10-23;/h4-6,9-10,19H,7-8,11-18,20H2,1-3H3,(H2,25,26,27);1H. The van der Waals surface area contributed by atoms with E-state index in [1.54, 1.807) is 0 Å². The van der Waals surface area contributed by atoms with E-state index in [9.17, 15) is 0 Å². The van der Waals surface area contributed by atoms with Gasteiger partial charge in [-0.1, -0.05) is 30.3 Å². The van der Waals surface area contributed by atoms with Gasteiger partial charge in [0.2, 0.25) is 0 Å². The van der Waals surface area contributed by atoms with Gasteiger partial charge in [-0.2, -0.15) is 5.10 Å². The molecule has 0 atom stereocenters. The quantitative estimate of drug-likeness (QED) is 0.205. The molecule has 2 N–H and O–H groups in total. The van der Waals surface area contributed by atoms with E-state index in [2.05, 4.69) is 78.5 Å². The number of nitrogens with one attached hydrogen (secondary N) is 2. The van der Waals surface area contributed by atoms with Gasteiger partial charge in [0.1, 0.15) is 0 Å². The van der Waals surface area contributed by atoms with Crippen molar-refractivity contribution in [1.29, 1.82) is 0 Å². The number of halogens is 1. The SMILES string of the molecule is CN=C(NCCCN1CCN(Cc2ccccc2)CC1)NCCCn1nc(C)cc1C.I. The number of benzene rings is 1. The Morgan fingerprint density at radius 1 is 0.938 bits per heavy atom. The number of guanidine groups is 1. The molecule has 32 heavy (non-hydrogen) atoms. The first-order valence-corrected chi connectivity index (χ1v) is 11.6. The van der Waals surface area contributed by atoms with Crippen LogP contribution in [-0.2, 0) is 13.1 Å². The molecule has 0 unspecified atom stereocenters. The zero-order chi connectivity index (χ0) is 21.9. The molecule has 8 heteroatoms. The summed E-state index contributed by atoms with van der Waals surface area (Å²) in [5.41, 5.74) is 3.72. The molecule has 1 aromatic carbocycles. The smallest absolute Gasteiger partial charge is 0.190 e. The topological polar surface area (TPSA) is 60.7 Å². The Hall–Kier alpha value is -1.65. The van der Waals surface area contributed by atoms with Crippen molar-refractivity contribution in [3.8, 4) is 0 Å². The number of rotatable bonds is 10. The molecule has 0 saturated carbocycles. The summed E-state index contributed by atoms with van der Waals surface area (Å²) in [7, 11) is 1.84. The second-order valence-corrected chi connectivity index (χ2v) is 8.39. The first kappa shape index (κ1) is 26.6. The van der Waals surface area contributed by atoms with Gasteiger partial charge in [-0.25, -0.2) is 0 Å². The van der Waals surface area contributed by atoms with Crippen molar-refractivity contribution >= 4 is 29.9 Å². The second kappa shape index (κ2) is 14.5. The molecule has 0 radical (unpaired) electrons. The van der Waals surface area contributed by atoms with Gasteiger partial charge in [-0.05, 0) is 44.9 Å². The Balaban J connectivity index is 0.00000363. The van der Waals surface area contributed by atoms with E-state index >= 15 is 0 Å². The predicted octanol–water partition coefficient (Wildman–Crippen LogP) is 2.88. The highest BCUT2D eigenvalue weighted by Gasteiger charge is 2.16. The van der Waals surface area contributed by atoms with Crippen LogP contribution in [0.3, 0.4) is 0 Å². The zero-order valence-electron chi connectivity index (χ0n) is 19.9. The fraction of sp³-hybridized carbons (Fsp3) is 0.583. The van der Waals surface area contributed by atoms with E-state index in [0.717, 1.165) is 83.4 Å². The van der Waals surface area contributed by atoms with Crippen molar-refractivity contribution in [2.75, 3.05) is 52.9 Å². The van der Waals surface area contributed by atoms with E-state index < -0.39 is 0 Å². The average Bonchev–Trinajstić information content (AvgIpc) is 3.11. The third-order valence-corrected chi connectivity index (χ3v) is 5.82. The fourth-order valence-corrected chi connectivity index (χ4v) is 4.08. The summed E-state index contributed by atoms with van der Waals surface area (Å²) in [4.78, 5) is 9.47. The van der Waals surface area contributed by atoms with Crippen molar-refractivity contribution < 1.29 is 0 Å². The molecule has 2 aromatic rings. The third kappa shape index (κ3) is 9.07. The molecule has 0 spiro atoms. The lowest BCUT2D eigenvalue weighted by Crippen LogP contribution is -2.46. The van der Waals surface area contributed by atoms with Crippen LogP contribution in [0, 0.1) is 13.8 Å². The monoisotopic (exact) mass is 553 g/mol. The van der Waals surface area contributed by atoms with Gasteiger partial charge in [0.05, 0.1) is 5.69 Å². The minimum atomic E-state index is 0. The van der Waals surface area contributed by atoms with E-state index in [0.29, 0.717) is 0 Å². The number of aromatic nitrogens is 2. The highest BCUT2D eigenvalue weighted by atomic mass is 127. The fourth-order valence-electron chi connectivity index (χ4n) is 4.08. The molecule has 2 heterocycles. The first-order valence-electron chi connectivity index (χ1n) is 11.6. The minimum Gasteiger partial charge on any atom is -0.356 e. The van der Waals surface area contributed by atoms with E-state index in [4.69, 9.17) is 0 Å². The maximum Gasteiger partial charge on any atom is 0.190 e. The highest BCUT2D eigenvalue weighted by molar-refractivity contribution is 14.0. The summed E-state index contributed by atoms with van der Waals surface area (Å²) >= 11 is 0. The van der Waals surface area contributed by atoms with Gasteiger partial charge in [-0.15, -0.1) is 24.0 Å². The molecular formula is C24H40IN7. The third-order valence-electron chi connectivity index (χ3n) is 5.82. The maximum atomic E-state index is 4.51. The van der Waals surface area contributed by atoms with Crippen LogP contribution in [0.2, 0.25) is 0 Å². The molecule has 1 aliphatic rings. The van der Waals surface area contributed by atoms with E-state index in [1.807, 2.05) is 14.0 Å². The average molecular weight is 554 g/mol. The molecule has 1 saturated heterocycles. The van der Waals surface area contributed by atoms with E-state index in [-0.39, 0.29) is 24.0 Å². The van der Waals surface area contributed by atoms with Crippen molar-refractivity contribution in [1.82, 2.24) is 30.2 Å². The van der Waals surface area contributed by atoms with Gasteiger partial charge >= 0.3 is 0 Å². The zero-order valence-corrected chi connectivity index (χ0v) is 22.2. The summed E-state index contributed by atoms with van der Waals surface area (Å²) in [6.07, 6.45) is 2.15. The summed E-state index contributed by atoms with van der Waals surface area (Å²) in [6.45, 7) is 13.7. The van der Waals surface area contributed by atoms with Crippen LogP contribution >= 0.6 is 24.0 Å². The molecule has 0 bridgehead atoms. The molecular weight excluding hydrogens is 513 g/mol. The van der Waals surface area contributed by atoms with Gasteiger partial charge < -0.3 is 15.5 Å².